The van der Waals surface area contributed by atoms with Gasteiger partial charge < -0.3 is 9.64 Å². The zero-order chi connectivity index (χ0) is 12.7. The summed E-state index contributed by atoms with van der Waals surface area (Å²) in [4.78, 5) is 25.1. The molecule has 1 aliphatic carbocycles. The Bertz CT molecular complexity index is 333. The largest absolute Gasteiger partial charge is 0.444 e. The summed E-state index contributed by atoms with van der Waals surface area (Å²) in [5.41, 5.74) is -0.519. The number of hydrogen-bond acceptors (Lipinski definition) is 3. The van der Waals surface area contributed by atoms with Crippen molar-refractivity contribution in [2.75, 3.05) is 6.54 Å². The van der Waals surface area contributed by atoms with Crippen LogP contribution in [0.2, 0.25) is 0 Å². The molecule has 4 heteroatoms. The van der Waals surface area contributed by atoms with Crippen LogP contribution >= 0.6 is 0 Å². The molecule has 2 rings (SSSR count). The molecule has 17 heavy (non-hydrogen) atoms. The summed E-state index contributed by atoms with van der Waals surface area (Å²) in [7, 11) is 0. The Kier molecular flexibility index (Phi) is 2.92. The van der Waals surface area contributed by atoms with E-state index in [1.165, 1.54) is 0 Å². The van der Waals surface area contributed by atoms with Crippen LogP contribution in [-0.4, -0.2) is 34.5 Å². The molecule has 2 aliphatic rings. The van der Waals surface area contributed by atoms with E-state index in [2.05, 4.69) is 0 Å². The first-order valence-corrected chi connectivity index (χ1v) is 6.35. The standard InChI is InChI=1S/C13H21NO3/c1-12(2,3)17-11(16)14-9-8-13(14)6-4-10(15)5-7-13/h4-9H2,1-3H3. The summed E-state index contributed by atoms with van der Waals surface area (Å²) in [5, 5.41) is 0. The lowest BCUT2D eigenvalue weighted by Gasteiger charge is -2.54. The maximum Gasteiger partial charge on any atom is 0.410 e. The third-order valence-electron chi connectivity index (χ3n) is 3.73. The fourth-order valence-electron chi connectivity index (χ4n) is 2.66. The van der Waals surface area contributed by atoms with Gasteiger partial charge in [-0.3, -0.25) is 4.79 Å². The first-order chi connectivity index (χ1) is 7.82. The minimum atomic E-state index is -0.446. The zero-order valence-electron chi connectivity index (χ0n) is 10.9. The minimum absolute atomic E-state index is 0.0732. The Labute approximate surface area is 102 Å². The molecule has 1 saturated heterocycles. The van der Waals surface area contributed by atoms with Crippen molar-refractivity contribution in [1.29, 1.82) is 0 Å². The predicted octanol–water partition coefficient (Wildman–Crippen LogP) is 2.51. The summed E-state index contributed by atoms with van der Waals surface area (Å²) in [6, 6.07) is 0. The molecule has 1 aliphatic heterocycles. The second kappa shape index (κ2) is 4.00. The van der Waals surface area contributed by atoms with Crippen LogP contribution in [0.15, 0.2) is 0 Å². The average molecular weight is 239 g/mol. The molecule has 1 spiro atoms. The van der Waals surface area contributed by atoms with Crippen LogP contribution in [0, 0.1) is 0 Å². The van der Waals surface area contributed by atoms with E-state index in [0.29, 0.717) is 18.6 Å². The number of rotatable bonds is 0. The van der Waals surface area contributed by atoms with E-state index in [9.17, 15) is 9.59 Å². The molecular formula is C13H21NO3. The van der Waals surface area contributed by atoms with E-state index in [0.717, 1.165) is 25.8 Å². The van der Waals surface area contributed by atoms with E-state index < -0.39 is 5.60 Å². The molecule has 0 aromatic carbocycles. The Balaban J connectivity index is 1.98. The van der Waals surface area contributed by atoms with Gasteiger partial charge in [0.05, 0.1) is 0 Å². The minimum Gasteiger partial charge on any atom is -0.444 e. The molecule has 0 atom stereocenters. The summed E-state index contributed by atoms with van der Waals surface area (Å²) in [6.45, 7) is 6.40. The molecule has 0 aromatic rings. The number of likely N-dealkylation sites (tertiary alicyclic amines) is 1. The van der Waals surface area contributed by atoms with Gasteiger partial charge in [-0.15, -0.1) is 0 Å². The third kappa shape index (κ3) is 2.45. The fourth-order valence-corrected chi connectivity index (χ4v) is 2.66. The second-order valence-electron chi connectivity index (χ2n) is 6.14. The summed E-state index contributed by atoms with van der Waals surface area (Å²) < 4.78 is 5.40. The van der Waals surface area contributed by atoms with E-state index in [-0.39, 0.29) is 11.6 Å². The number of amides is 1. The lowest BCUT2D eigenvalue weighted by Crippen LogP contribution is -2.64. The number of Topliss-reactive ketones (excluding diaryl/α,β-unsaturated/α-hetero) is 1. The monoisotopic (exact) mass is 239 g/mol. The van der Waals surface area contributed by atoms with E-state index in [1.807, 2.05) is 25.7 Å². The summed E-state index contributed by atoms with van der Waals surface area (Å²) in [6.07, 6.45) is 3.63. The highest BCUT2D eigenvalue weighted by atomic mass is 16.6. The van der Waals surface area contributed by atoms with Crippen molar-refractivity contribution in [3.05, 3.63) is 0 Å². The number of ketones is 1. The molecular weight excluding hydrogens is 218 g/mol. The number of carbonyl (C=O) groups is 2. The van der Waals surface area contributed by atoms with Gasteiger partial charge in [-0.05, 0) is 40.0 Å². The third-order valence-corrected chi connectivity index (χ3v) is 3.73. The molecule has 1 heterocycles. The summed E-state index contributed by atoms with van der Waals surface area (Å²) in [5.74, 6) is 0.326. The number of ether oxygens (including phenoxy) is 1. The van der Waals surface area contributed by atoms with Crippen molar-refractivity contribution in [3.63, 3.8) is 0 Å². The molecule has 96 valence electrons. The van der Waals surface area contributed by atoms with Crippen molar-refractivity contribution in [1.82, 2.24) is 4.90 Å². The lowest BCUT2D eigenvalue weighted by atomic mass is 9.72. The van der Waals surface area contributed by atoms with Gasteiger partial charge in [0.1, 0.15) is 11.4 Å². The highest BCUT2D eigenvalue weighted by Crippen LogP contribution is 2.42. The molecule has 0 radical (unpaired) electrons. The van der Waals surface area contributed by atoms with Gasteiger partial charge in [-0.25, -0.2) is 4.79 Å². The lowest BCUT2D eigenvalue weighted by molar-refractivity contribution is -0.126. The van der Waals surface area contributed by atoms with E-state index in [1.54, 1.807) is 0 Å². The molecule has 1 saturated carbocycles. The predicted molar refractivity (Wildman–Crippen MR) is 63.8 cm³/mol. The first kappa shape index (κ1) is 12.4. The molecule has 0 unspecified atom stereocenters. The van der Waals surface area contributed by atoms with Crippen molar-refractivity contribution in [3.8, 4) is 0 Å². The second-order valence-corrected chi connectivity index (χ2v) is 6.14. The van der Waals surface area contributed by atoms with Crippen molar-refractivity contribution < 1.29 is 14.3 Å². The number of hydrogen-bond donors (Lipinski definition) is 0. The maximum atomic E-state index is 12.0. The molecule has 0 N–H and O–H groups in total. The smallest absolute Gasteiger partial charge is 0.410 e. The van der Waals surface area contributed by atoms with Gasteiger partial charge in [0, 0.05) is 24.9 Å². The van der Waals surface area contributed by atoms with Gasteiger partial charge >= 0.3 is 6.09 Å². The van der Waals surface area contributed by atoms with Gasteiger partial charge in [0.15, 0.2) is 0 Å². The van der Waals surface area contributed by atoms with Crippen molar-refractivity contribution in [2.24, 2.45) is 0 Å². The molecule has 2 fully saturated rings. The van der Waals surface area contributed by atoms with Crippen LogP contribution in [0.1, 0.15) is 52.9 Å². The molecule has 1 amide bonds. The quantitative estimate of drug-likeness (QED) is 0.652. The van der Waals surface area contributed by atoms with Crippen LogP contribution in [-0.2, 0) is 9.53 Å². The van der Waals surface area contributed by atoms with Crippen LogP contribution < -0.4 is 0 Å². The Morgan fingerprint density at radius 3 is 2.24 bits per heavy atom. The average Bonchev–Trinajstić information content (AvgIpc) is 2.14. The SMILES string of the molecule is CC(C)(C)OC(=O)N1CCC12CCC(=O)CC2. The van der Waals surface area contributed by atoms with Gasteiger partial charge in [-0.1, -0.05) is 0 Å². The van der Waals surface area contributed by atoms with E-state index in [4.69, 9.17) is 4.74 Å². The molecule has 4 nitrogen and oxygen atoms in total. The topological polar surface area (TPSA) is 46.6 Å². The van der Waals surface area contributed by atoms with Crippen molar-refractivity contribution >= 4 is 11.9 Å². The summed E-state index contributed by atoms with van der Waals surface area (Å²) >= 11 is 0. The van der Waals surface area contributed by atoms with Crippen molar-refractivity contribution in [2.45, 2.75) is 64.0 Å². The van der Waals surface area contributed by atoms with Gasteiger partial charge in [-0.2, -0.15) is 0 Å². The van der Waals surface area contributed by atoms with Crippen LogP contribution in [0.4, 0.5) is 4.79 Å². The Morgan fingerprint density at radius 1 is 1.24 bits per heavy atom. The van der Waals surface area contributed by atoms with Crippen LogP contribution in [0.25, 0.3) is 0 Å². The zero-order valence-corrected chi connectivity index (χ0v) is 10.9. The first-order valence-electron chi connectivity index (χ1n) is 6.35. The molecule has 0 aromatic heterocycles. The number of nitrogens with zero attached hydrogens (tertiary/aromatic N) is 1. The number of carbonyl (C=O) groups excluding carboxylic acids is 2. The van der Waals surface area contributed by atoms with E-state index >= 15 is 0 Å². The van der Waals surface area contributed by atoms with Gasteiger partial charge in [0.2, 0.25) is 0 Å². The van der Waals surface area contributed by atoms with Crippen LogP contribution in [0.3, 0.4) is 0 Å². The highest BCUT2D eigenvalue weighted by Gasteiger charge is 2.50. The molecule has 0 bridgehead atoms. The normalized spacial score (nSPS) is 23.5. The highest BCUT2D eigenvalue weighted by molar-refractivity contribution is 5.80. The fraction of sp³-hybridized carbons (Fsp3) is 0.846. The Hall–Kier alpha value is -1.06. The van der Waals surface area contributed by atoms with Gasteiger partial charge in [0.25, 0.3) is 0 Å². The van der Waals surface area contributed by atoms with Crippen LogP contribution in [0.5, 0.6) is 0 Å². The maximum absolute atomic E-state index is 12.0. The Morgan fingerprint density at radius 2 is 1.82 bits per heavy atom.